The second kappa shape index (κ2) is 25.7. The van der Waals surface area contributed by atoms with Crippen LogP contribution in [-0.4, -0.2) is 81.4 Å². The SMILES string of the molecule is CC(C)(C)c1cc(C=N[C@@H]2CCCC[C@H]2N=Cc2cc(OC(=O)c3ccc4ccc5c(C(=O)Oc6cc(C=N[C@@H]7CCCC[C@H]7N=Cc7cc(C(C)(C)C)cc(C(C)(C)C)c7O)c(O)c(C(C)(C)C)c6)ccc6ccc3c4c65)cc(C(C)(C)C)c2O)c(O)c(C(C)(C)C)c1. The highest BCUT2D eigenvalue weighted by Crippen LogP contribution is 2.44. The first kappa shape index (κ1) is 68.5. The number of phenols is 4. The van der Waals surface area contributed by atoms with E-state index in [2.05, 4.69) is 95.2 Å². The number of carbonyl (C=O) groups excluding carboxylic acids is 2. The van der Waals surface area contributed by atoms with Crippen LogP contribution in [0.4, 0.5) is 0 Å². The van der Waals surface area contributed by atoms with Gasteiger partial charge in [-0.3, -0.25) is 20.0 Å². The van der Waals surface area contributed by atoms with Crippen LogP contribution >= 0.6 is 0 Å². The Morgan fingerprint density at radius 3 is 0.904 bits per heavy atom. The van der Waals surface area contributed by atoms with E-state index in [0.29, 0.717) is 55.3 Å². The van der Waals surface area contributed by atoms with Crippen molar-refractivity contribution in [2.75, 3.05) is 0 Å². The second-order valence-corrected chi connectivity index (χ2v) is 32.6. The number of hydrogen-bond donors (Lipinski definition) is 4. The number of hydrogen-bond acceptors (Lipinski definition) is 12. The smallest absolute Gasteiger partial charge is 0.344 e. The number of esters is 2. The van der Waals surface area contributed by atoms with Gasteiger partial charge in [-0.05, 0) is 150 Å². The molecule has 0 aliphatic heterocycles. The van der Waals surface area contributed by atoms with Crippen LogP contribution in [0.3, 0.4) is 0 Å². The first-order chi connectivity index (χ1) is 43.9. The lowest BCUT2D eigenvalue weighted by molar-refractivity contribution is 0.0726. The molecule has 494 valence electrons. The molecule has 0 bridgehead atoms. The third-order valence-corrected chi connectivity index (χ3v) is 19.0. The Kier molecular flexibility index (Phi) is 18.8. The first-order valence-electron chi connectivity index (χ1n) is 33.7. The van der Waals surface area contributed by atoms with Gasteiger partial charge in [-0.1, -0.05) is 199 Å². The van der Waals surface area contributed by atoms with Crippen LogP contribution in [-0.2, 0) is 32.5 Å². The summed E-state index contributed by atoms with van der Waals surface area (Å²) in [6, 6.07) is 29.4. The number of benzene rings is 8. The maximum Gasteiger partial charge on any atom is 0.344 e. The van der Waals surface area contributed by atoms with Gasteiger partial charge in [0.05, 0.1) is 35.3 Å². The van der Waals surface area contributed by atoms with E-state index in [1.807, 2.05) is 103 Å². The van der Waals surface area contributed by atoms with E-state index in [4.69, 9.17) is 29.4 Å². The molecule has 0 heterocycles. The van der Waals surface area contributed by atoms with Gasteiger partial charge in [0.1, 0.15) is 34.5 Å². The standard InChI is InChI=1S/C82H98N4O8/c1-77(2,3)53-35-49(71(87)61(39-53)79(7,8)9)43-83-65-23-19-21-25-67(65)85-45-51-37-55(41-63(73(51)89)81(13,14)15)93-75(91)59-33-29-47-28-32-58-60(34-30-48-27-31-57(59)69(47)70(48)58)76(92)94-56-38-52(74(90)64(42-56)82(16,17)18)46-86-68-26-22-20-24-66(68)84-44-50-36-54(78(4,5)6)40-62(72(50)88)80(10,11)12/h27-46,65-68,87-90H,19-26H2,1-18H3/t65-,66-,67-,68-/m1/s1. The third kappa shape index (κ3) is 14.6. The Bertz CT molecular complexity index is 4060. The molecule has 2 aliphatic rings. The fraction of sp³-hybridized carbons (Fsp3) is 0.439. The molecule has 0 aromatic heterocycles. The molecule has 12 nitrogen and oxygen atoms in total. The highest BCUT2D eigenvalue weighted by molar-refractivity contribution is 6.28. The van der Waals surface area contributed by atoms with E-state index in [1.165, 1.54) is 0 Å². The lowest BCUT2D eigenvalue weighted by Gasteiger charge is -2.28. The largest absolute Gasteiger partial charge is 0.507 e. The van der Waals surface area contributed by atoms with E-state index in [-0.39, 0.29) is 80.3 Å². The number of rotatable bonds is 12. The van der Waals surface area contributed by atoms with E-state index in [9.17, 15) is 30.0 Å². The summed E-state index contributed by atoms with van der Waals surface area (Å²) in [5.41, 5.74) is 6.13. The molecule has 0 unspecified atom stereocenters. The molecule has 2 fully saturated rings. The highest BCUT2D eigenvalue weighted by Gasteiger charge is 2.32. The number of nitrogens with zero attached hydrogens (tertiary/aromatic N) is 4. The molecule has 10 rings (SSSR count). The van der Waals surface area contributed by atoms with Gasteiger partial charge in [-0.15, -0.1) is 0 Å². The Morgan fingerprint density at radius 2 is 0.628 bits per heavy atom. The van der Waals surface area contributed by atoms with E-state index in [1.54, 1.807) is 48.8 Å². The molecule has 94 heavy (non-hydrogen) atoms. The topological polar surface area (TPSA) is 183 Å². The van der Waals surface area contributed by atoms with Gasteiger partial charge in [-0.25, -0.2) is 9.59 Å². The van der Waals surface area contributed by atoms with Crippen molar-refractivity contribution >= 4 is 69.1 Å². The summed E-state index contributed by atoms with van der Waals surface area (Å²) in [4.78, 5) is 49.8. The van der Waals surface area contributed by atoms with E-state index in [0.717, 1.165) is 95.2 Å². The molecule has 2 aliphatic carbocycles. The minimum absolute atomic E-state index is 0.0545. The van der Waals surface area contributed by atoms with E-state index < -0.39 is 22.8 Å². The normalized spacial score (nSPS) is 18.3. The summed E-state index contributed by atoms with van der Waals surface area (Å²) in [7, 11) is 0. The summed E-state index contributed by atoms with van der Waals surface area (Å²) < 4.78 is 12.6. The van der Waals surface area contributed by atoms with E-state index >= 15 is 0 Å². The van der Waals surface area contributed by atoms with Crippen molar-refractivity contribution in [2.24, 2.45) is 20.0 Å². The molecule has 4 N–H and O–H groups in total. The zero-order chi connectivity index (χ0) is 68.4. The molecule has 12 heteroatoms. The molecule has 0 saturated heterocycles. The average molecular weight is 1270 g/mol. The van der Waals surface area contributed by atoms with Crippen molar-refractivity contribution in [1.82, 2.24) is 0 Å². The predicted molar refractivity (Wildman–Crippen MR) is 387 cm³/mol. The summed E-state index contributed by atoms with van der Waals surface area (Å²) in [5.74, 6) is -0.0904. The van der Waals surface area contributed by atoms with Crippen molar-refractivity contribution in [1.29, 1.82) is 0 Å². The fourth-order valence-electron chi connectivity index (χ4n) is 13.3. The lowest BCUT2D eigenvalue weighted by atomic mass is 9.79. The molecule has 8 aromatic carbocycles. The maximum atomic E-state index is 14.7. The van der Waals surface area contributed by atoms with Gasteiger partial charge in [0, 0.05) is 69.4 Å². The molecule has 8 aromatic rings. The van der Waals surface area contributed by atoms with Crippen molar-refractivity contribution in [3.05, 3.63) is 164 Å². The quantitative estimate of drug-likeness (QED) is 0.0403. The van der Waals surface area contributed by atoms with Crippen LogP contribution in [0.25, 0.3) is 32.3 Å². The van der Waals surface area contributed by atoms with Crippen LogP contribution in [0.2, 0.25) is 0 Å². The molecule has 2 saturated carbocycles. The van der Waals surface area contributed by atoms with Gasteiger partial charge in [0.2, 0.25) is 0 Å². The van der Waals surface area contributed by atoms with Gasteiger partial charge in [-0.2, -0.15) is 0 Å². The molecular weight excluding hydrogens is 1170 g/mol. The Labute approximate surface area is 556 Å². The first-order valence-corrected chi connectivity index (χ1v) is 33.7. The van der Waals surface area contributed by atoms with Crippen molar-refractivity contribution in [3.8, 4) is 34.5 Å². The average Bonchev–Trinajstić information content (AvgIpc) is 0.730. The highest BCUT2D eigenvalue weighted by atomic mass is 16.5. The Balaban J connectivity index is 0.921. The predicted octanol–water partition coefficient (Wildman–Crippen LogP) is 19.3. The maximum absolute atomic E-state index is 14.7. The van der Waals surface area contributed by atoms with Crippen LogP contribution in [0, 0.1) is 0 Å². The van der Waals surface area contributed by atoms with Crippen molar-refractivity contribution in [2.45, 2.75) is 233 Å². The van der Waals surface area contributed by atoms with Crippen molar-refractivity contribution in [3.63, 3.8) is 0 Å². The second-order valence-electron chi connectivity index (χ2n) is 32.6. The van der Waals surface area contributed by atoms with Gasteiger partial charge < -0.3 is 29.9 Å². The summed E-state index contributed by atoms with van der Waals surface area (Å²) >= 11 is 0. The zero-order valence-corrected chi connectivity index (χ0v) is 58.7. The van der Waals surface area contributed by atoms with Crippen molar-refractivity contribution < 1.29 is 39.5 Å². The number of ether oxygens (including phenoxy) is 2. The molecule has 0 radical (unpaired) electrons. The van der Waals surface area contributed by atoms with Gasteiger partial charge >= 0.3 is 11.9 Å². The monoisotopic (exact) mass is 1270 g/mol. The number of aromatic hydroxyl groups is 4. The summed E-state index contributed by atoms with van der Waals surface area (Å²) in [5, 5.41) is 51.5. The van der Waals surface area contributed by atoms with Crippen LogP contribution in [0.1, 0.15) is 252 Å². The summed E-state index contributed by atoms with van der Waals surface area (Å²) in [6.45, 7) is 37.6. The Hall–Kier alpha value is -8.38. The van der Waals surface area contributed by atoms with Gasteiger partial charge in [0.15, 0.2) is 0 Å². The summed E-state index contributed by atoms with van der Waals surface area (Å²) in [6.07, 6.45) is 14.2. The molecule has 0 amide bonds. The zero-order valence-electron chi connectivity index (χ0n) is 58.7. The minimum Gasteiger partial charge on any atom is -0.507 e. The number of aliphatic imine (C=N–C) groups is 4. The Morgan fingerprint density at radius 1 is 0.362 bits per heavy atom. The molecule has 0 spiro atoms. The third-order valence-electron chi connectivity index (χ3n) is 19.0. The van der Waals surface area contributed by atoms with Crippen LogP contribution in [0.15, 0.2) is 117 Å². The molecule has 4 atom stereocenters. The van der Waals surface area contributed by atoms with Crippen LogP contribution < -0.4 is 9.47 Å². The number of carbonyl (C=O) groups is 2. The number of phenolic OH excluding ortho intramolecular Hbond substituents is 4. The van der Waals surface area contributed by atoms with Gasteiger partial charge in [0.25, 0.3) is 0 Å². The lowest BCUT2D eigenvalue weighted by Crippen LogP contribution is -2.27. The fourth-order valence-corrected chi connectivity index (χ4v) is 13.3. The molecular formula is C82H98N4O8. The van der Waals surface area contributed by atoms with Crippen LogP contribution in [0.5, 0.6) is 34.5 Å². The minimum atomic E-state index is -0.592.